The van der Waals surface area contributed by atoms with Crippen LogP contribution in [0.5, 0.6) is 0 Å². The van der Waals surface area contributed by atoms with Gasteiger partial charge in [0.15, 0.2) is 0 Å². The van der Waals surface area contributed by atoms with Crippen molar-refractivity contribution in [1.29, 1.82) is 0 Å². The molecule has 1 aromatic carbocycles. The summed E-state index contributed by atoms with van der Waals surface area (Å²) in [6.07, 6.45) is 3.15. The third-order valence-electron chi connectivity index (χ3n) is 2.37. The van der Waals surface area contributed by atoms with Crippen LogP contribution in [0.4, 0.5) is 0 Å². The fraction of sp³-hybridized carbons (Fsp3) is 0. The third kappa shape index (κ3) is 1.35. The minimum atomic E-state index is -0.241. The summed E-state index contributed by atoms with van der Waals surface area (Å²) >= 11 is 5.79. The first-order valence-corrected chi connectivity index (χ1v) is 5.06. The maximum atomic E-state index is 11.3. The maximum Gasteiger partial charge on any atom is 0.280 e. The number of carbonyl (C=O) groups is 1. The molecule has 0 bridgehead atoms. The van der Waals surface area contributed by atoms with Crippen LogP contribution in [0, 0.1) is 0 Å². The van der Waals surface area contributed by atoms with E-state index in [4.69, 9.17) is 11.6 Å². The van der Waals surface area contributed by atoms with E-state index >= 15 is 0 Å². The van der Waals surface area contributed by atoms with Crippen LogP contribution in [0.1, 0.15) is 16.1 Å². The van der Waals surface area contributed by atoms with Crippen LogP contribution in [0.15, 0.2) is 35.5 Å². The number of aliphatic imine (C=N–C) groups is 1. The van der Waals surface area contributed by atoms with E-state index in [0.29, 0.717) is 16.3 Å². The Balaban J connectivity index is 2.08. The van der Waals surface area contributed by atoms with Crippen molar-refractivity contribution < 1.29 is 4.79 Å². The van der Waals surface area contributed by atoms with Crippen LogP contribution in [-0.2, 0) is 0 Å². The number of hydrogen-bond donors (Lipinski definition) is 0. The lowest BCUT2D eigenvalue weighted by molar-refractivity contribution is 0.101. The van der Waals surface area contributed by atoms with Gasteiger partial charge in [-0.25, -0.2) is 9.67 Å². The minimum Gasteiger partial charge on any atom is -0.267 e. The number of aromatic nitrogens is 2. The van der Waals surface area contributed by atoms with E-state index in [1.54, 1.807) is 23.0 Å². The molecule has 4 nitrogen and oxygen atoms in total. The number of carbonyl (C=O) groups excluding carboxylic acids is 1. The van der Waals surface area contributed by atoms with Gasteiger partial charge in [-0.05, 0) is 24.3 Å². The van der Waals surface area contributed by atoms with Crippen LogP contribution in [0.2, 0.25) is 5.02 Å². The molecule has 0 atom stereocenters. The number of amides is 1. The van der Waals surface area contributed by atoms with Gasteiger partial charge in [-0.3, -0.25) is 4.79 Å². The van der Waals surface area contributed by atoms with Crippen molar-refractivity contribution >= 4 is 23.7 Å². The molecule has 1 aliphatic heterocycles. The Morgan fingerprint density at radius 2 is 1.94 bits per heavy atom. The summed E-state index contributed by atoms with van der Waals surface area (Å²) in [7, 11) is 0. The Kier molecular flexibility index (Phi) is 1.91. The molecule has 0 saturated heterocycles. The Labute approximate surface area is 96.2 Å². The lowest BCUT2D eigenvalue weighted by Crippen LogP contribution is -1.95. The van der Waals surface area contributed by atoms with Gasteiger partial charge in [0, 0.05) is 11.2 Å². The van der Waals surface area contributed by atoms with Crippen LogP contribution in [0.25, 0.3) is 5.69 Å². The Hall–Kier alpha value is -1.94. The molecule has 1 aromatic heterocycles. The molecule has 0 aliphatic carbocycles. The van der Waals surface area contributed by atoms with Crippen molar-refractivity contribution in [2.45, 2.75) is 0 Å². The second-order valence-electron chi connectivity index (χ2n) is 3.41. The molecule has 0 N–H and O–H groups in total. The molecular weight excluding hydrogens is 226 g/mol. The van der Waals surface area contributed by atoms with E-state index in [2.05, 4.69) is 10.1 Å². The predicted octanol–water partition coefficient (Wildman–Crippen LogP) is 2.10. The number of hydrogen-bond acceptors (Lipinski definition) is 2. The van der Waals surface area contributed by atoms with Gasteiger partial charge in [-0.2, -0.15) is 5.10 Å². The molecule has 0 fully saturated rings. The Morgan fingerprint density at radius 3 is 2.62 bits per heavy atom. The molecule has 5 heteroatoms. The van der Waals surface area contributed by atoms with E-state index in [1.807, 2.05) is 12.1 Å². The Morgan fingerprint density at radius 1 is 1.19 bits per heavy atom. The number of halogens is 1. The van der Waals surface area contributed by atoms with Gasteiger partial charge < -0.3 is 0 Å². The summed E-state index contributed by atoms with van der Waals surface area (Å²) in [5.74, 6) is -0.241. The zero-order valence-electron chi connectivity index (χ0n) is 8.09. The van der Waals surface area contributed by atoms with Crippen molar-refractivity contribution in [2.24, 2.45) is 4.99 Å². The zero-order chi connectivity index (χ0) is 11.1. The van der Waals surface area contributed by atoms with Gasteiger partial charge in [0.25, 0.3) is 5.91 Å². The fourth-order valence-corrected chi connectivity index (χ4v) is 1.69. The average molecular weight is 232 g/mol. The summed E-state index contributed by atoms with van der Waals surface area (Å²) in [4.78, 5) is 14.9. The van der Waals surface area contributed by atoms with Crippen LogP contribution in [0.3, 0.4) is 0 Å². The van der Waals surface area contributed by atoms with Crippen molar-refractivity contribution in [2.75, 3.05) is 0 Å². The number of benzene rings is 1. The van der Waals surface area contributed by atoms with E-state index in [1.165, 1.54) is 6.21 Å². The molecule has 2 heterocycles. The quantitative estimate of drug-likeness (QED) is 0.755. The monoisotopic (exact) mass is 231 g/mol. The molecular formula is C11H6ClN3O. The number of rotatable bonds is 1. The molecule has 3 rings (SSSR count). The molecule has 0 saturated carbocycles. The smallest absolute Gasteiger partial charge is 0.267 e. The van der Waals surface area contributed by atoms with Crippen LogP contribution >= 0.6 is 11.6 Å². The second kappa shape index (κ2) is 3.28. The lowest BCUT2D eigenvalue weighted by Gasteiger charge is -2.00. The van der Waals surface area contributed by atoms with Gasteiger partial charge in [-0.15, -0.1) is 0 Å². The molecule has 2 aromatic rings. The van der Waals surface area contributed by atoms with Gasteiger partial charge in [-0.1, -0.05) is 11.6 Å². The first-order chi connectivity index (χ1) is 7.74. The lowest BCUT2D eigenvalue weighted by atomic mass is 10.3. The molecule has 1 aliphatic rings. The molecule has 0 radical (unpaired) electrons. The predicted molar refractivity (Wildman–Crippen MR) is 60.5 cm³/mol. The first kappa shape index (κ1) is 9.30. The molecule has 0 unspecified atom stereocenters. The number of fused-ring (bicyclic) bond motifs is 1. The topological polar surface area (TPSA) is 47.2 Å². The highest BCUT2D eigenvalue weighted by Crippen LogP contribution is 2.17. The molecule has 78 valence electrons. The summed E-state index contributed by atoms with van der Waals surface area (Å²) < 4.78 is 1.64. The van der Waals surface area contributed by atoms with Crippen molar-refractivity contribution in [3.05, 3.63) is 46.7 Å². The zero-order valence-corrected chi connectivity index (χ0v) is 8.85. The van der Waals surface area contributed by atoms with Crippen molar-refractivity contribution in [3.63, 3.8) is 0 Å². The second-order valence-corrected chi connectivity index (χ2v) is 3.85. The van der Waals surface area contributed by atoms with E-state index in [9.17, 15) is 4.79 Å². The summed E-state index contributed by atoms with van der Waals surface area (Å²) in [6.45, 7) is 0. The van der Waals surface area contributed by atoms with Crippen molar-refractivity contribution in [1.82, 2.24) is 9.78 Å². The average Bonchev–Trinajstić information content (AvgIpc) is 2.83. The molecule has 1 amide bonds. The molecule has 16 heavy (non-hydrogen) atoms. The van der Waals surface area contributed by atoms with Crippen LogP contribution < -0.4 is 0 Å². The maximum absolute atomic E-state index is 11.3. The van der Waals surface area contributed by atoms with Crippen LogP contribution in [-0.4, -0.2) is 21.9 Å². The van der Waals surface area contributed by atoms with E-state index in [0.717, 1.165) is 5.69 Å². The highest BCUT2D eigenvalue weighted by atomic mass is 35.5. The van der Waals surface area contributed by atoms with Gasteiger partial charge in [0.2, 0.25) is 0 Å². The normalized spacial score (nSPS) is 13.2. The van der Waals surface area contributed by atoms with E-state index in [-0.39, 0.29) is 5.91 Å². The molecule has 0 spiro atoms. The summed E-state index contributed by atoms with van der Waals surface area (Å²) in [6, 6.07) is 7.23. The largest absolute Gasteiger partial charge is 0.280 e. The van der Waals surface area contributed by atoms with Gasteiger partial charge in [0.05, 0.1) is 17.5 Å². The summed E-state index contributed by atoms with van der Waals surface area (Å²) in [5.41, 5.74) is 2.01. The first-order valence-electron chi connectivity index (χ1n) is 4.68. The third-order valence-corrected chi connectivity index (χ3v) is 2.62. The fourth-order valence-electron chi connectivity index (χ4n) is 1.56. The summed E-state index contributed by atoms with van der Waals surface area (Å²) in [5, 5.41) is 4.91. The highest BCUT2D eigenvalue weighted by molar-refractivity contribution is 6.30. The highest BCUT2D eigenvalue weighted by Gasteiger charge is 2.19. The minimum absolute atomic E-state index is 0.241. The number of nitrogens with zero attached hydrogens (tertiary/aromatic N) is 3. The van der Waals surface area contributed by atoms with Gasteiger partial charge in [0.1, 0.15) is 5.69 Å². The van der Waals surface area contributed by atoms with Crippen molar-refractivity contribution in [3.8, 4) is 5.69 Å². The van der Waals surface area contributed by atoms with E-state index < -0.39 is 0 Å². The standard InChI is InChI=1S/C11H6ClN3O/c12-7-1-3-8(4-2-7)15-6-9-10(14-15)5-13-11(9)16/h1-6H. The van der Waals surface area contributed by atoms with Gasteiger partial charge >= 0.3 is 0 Å². The Bertz CT molecular complexity index is 598. The SMILES string of the molecule is O=C1N=Cc2nn(-c3ccc(Cl)cc3)cc21.